The molecule has 0 bridgehead atoms. The number of rotatable bonds is 9. The summed E-state index contributed by atoms with van der Waals surface area (Å²) < 4.78 is 5.31. The van der Waals surface area contributed by atoms with Crippen molar-refractivity contribution in [3.8, 4) is 24.8 Å². The molecule has 0 saturated carbocycles. The minimum atomic E-state index is -1.18. The fourth-order valence-corrected chi connectivity index (χ4v) is 3.45. The van der Waals surface area contributed by atoms with Gasteiger partial charge in [0.05, 0.1) is 0 Å². The number of nitrogens with one attached hydrogen (secondary N) is 2. The van der Waals surface area contributed by atoms with Crippen molar-refractivity contribution in [1.82, 2.24) is 15.5 Å². The summed E-state index contributed by atoms with van der Waals surface area (Å²) in [6, 6.07) is 6.86. The maximum Gasteiger partial charge on any atom is 0.408 e. The Morgan fingerprint density at radius 1 is 1.09 bits per heavy atom. The van der Waals surface area contributed by atoms with Gasteiger partial charge in [-0.15, -0.1) is 6.42 Å². The Labute approximate surface area is 204 Å². The van der Waals surface area contributed by atoms with Crippen molar-refractivity contribution in [3.63, 3.8) is 0 Å². The molecule has 7 nitrogen and oxygen atoms in total. The van der Waals surface area contributed by atoms with Crippen LogP contribution in [0.5, 0.6) is 0 Å². The van der Waals surface area contributed by atoms with Crippen molar-refractivity contribution in [2.24, 2.45) is 5.92 Å². The number of carbonyl (C=O) groups excluding carboxylic acids is 3. The molecule has 184 valence electrons. The highest BCUT2D eigenvalue weighted by molar-refractivity contribution is 5.93. The van der Waals surface area contributed by atoms with E-state index < -0.39 is 35.6 Å². The number of hydrogen-bond acceptors (Lipinski definition) is 4. The summed E-state index contributed by atoms with van der Waals surface area (Å²) in [6.45, 7) is 12.6. The Kier molecular flexibility index (Phi) is 10.7. The summed E-state index contributed by atoms with van der Waals surface area (Å²) in [6.07, 6.45) is 12.3. The molecule has 1 rings (SSSR count). The predicted molar refractivity (Wildman–Crippen MR) is 133 cm³/mol. The number of nitrogens with zero attached hydrogens (tertiary/aromatic N) is 1. The van der Waals surface area contributed by atoms with Gasteiger partial charge in [-0.2, -0.15) is 0 Å². The number of terminal acetylenes is 2. The lowest BCUT2D eigenvalue weighted by molar-refractivity contribution is -0.139. The van der Waals surface area contributed by atoms with E-state index in [2.05, 4.69) is 22.6 Å². The highest BCUT2D eigenvalue weighted by Gasteiger charge is 2.38. The van der Waals surface area contributed by atoms with Crippen LogP contribution < -0.4 is 10.6 Å². The van der Waals surface area contributed by atoms with Crippen LogP contribution in [0, 0.1) is 30.7 Å². The van der Waals surface area contributed by atoms with Gasteiger partial charge in [0.2, 0.25) is 5.91 Å². The molecule has 3 unspecified atom stereocenters. The molecular weight excluding hydrogens is 430 g/mol. The fraction of sp³-hybridized carbons (Fsp3) is 0.519. The topological polar surface area (TPSA) is 87.7 Å². The van der Waals surface area contributed by atoms with Crippen LogP contribution in [0.25, 0.3) is 0 Å². The van der Waals surface area contributed by atoms with Gasteiger partial charge in [-0.25, -0.2) is 4.79 Å². The first-order chi connectivity index (χ1) is 15.9. The quantitative estimate of drug-likeness (QED) is 0.425. The van der Waals surface area contributed by atoms with E-state index >= 15 is 0 Å². The van der Waals surface area contributed by atoms with Crippen molar-refractivity contribution in [2.75, 3.05) is 0 Å². The van der Waals surface area contributed by atoms with Crippen molar-refractivity contribution in [1.29, 1.82) is 0 Å². The Hall–Kier alpha value is -3.45. The molecule has 0 aliphatic rings. The minimum Gasteiger partial charge on any atom is -0.444 e. The Bertz CT molecular complexity index is 950. The van der Waals surface area contributed by atoms with E-state index in [1.165, 1.54) is 0 Å². The summed E-state index contributed by atoms with van der Waals surface area (Å²) in [4.78, 5) is 40.5. The number of alkyl carbamates (subject to hydrolysis) is 1. The monoisotopic (exact) mass is 467 g/mol. The zero-order valence-corrected chi connectivity index (χ0v) is 21.3. The highest BCUT2D eigenvalue weighted by Crippen LogP contribution is 2.26. The first-order valence-corrected chi connectivity index (χ1v) is 11.5. The Balaban J connectivity index is 3.45. The molecule has 1 aromatic carbocycles. The molecule has 0 saturated heterocycles. The third-order valence-corrected chi connectivity index (χ3v) is 5.01. The zero-order chi connectivity index (χ0) is 26.1. The number of amides is 3. The van der Waals surface area contributed by atoms with Crippen LogP contribution in [0.2, 0.25) is 0 Å². The molecule has 3 amide bonds. The van der Waals surface area contributed by atoms with Gasteiger partial charge in [-0.3, -0.25) is 14.5 Å². The van der Waals surface area contributed by atoms with Gasteiger partial charge in [0.25, 0.3) is 5.91 Å². The van der Waals surface area contributed by atoms with Crippen molar-refractivity contribution in [2.45, 2.75) is 85.0 Å². The first kappa shape index (κ1) is 28.6. The SMILES string of the molecule is C#Cc1ccccc1C(C(=O)NC(C)CCC)N(C#C)C(=O)C(NC(=O)OC(C)(C)C)C(C)C. The minimum absolute atomic E-state index is 0.131. The van der Waals surface area contributed by atoms with Crippen LogP contribution in [0.4, 0.5) is 4.79 Å². The summed E-state index contributed by atoms with van der Waals surface area (Å²) >= 11 is 0. The molecule has 0 aliphatic carbocycles. The third-order valence-electron chi connectivity index (χ3n) is 5.01. The zero-order valence-electron chi connectivity index (χ0n) is 21.3. The summed E-state index contributed by atoms with van der Waals surface area (Å²) in [5.41, 5.74) is 0.127. The van der Waals surface area contributed by atoms with Crippen LogP contribution in [0.15, 0.2) is 24.3 Å². The molecule has 0 spiro atoms. The fourth-order valence-electron chi connectivity index (χ4n) is 3.45. The normalized spacial score (nSPS) is 13.6. The van der Waals surface area contributed by atoms with E-state index in [1.54, 1.807) is 58.9 Å². The second-order valence-electron chi connectivity index (χ2n) is 9.54. The molecule has 1 aromatic rings. The number of ether oxygens (including phenoxy) is 1. The van der Waals surface area contributed by atoms with E-state index in [0.717, 1.165) is 17.7 Å². The van der Waals surface area contributed by atoms with E-state index in [0.29, 0.717) is 11.1 Å². The molecule has 0 radical (unpaired) electrons. The molecule has 0 heterocycles. The largest absolute Gasteiger partial charge is 0.444 e. The molecule has 7 heteroatoms. The molecular formula is C27H37N3O4. The Morgan fingerprint density at radius 2 is 1.71 bits per heavy atom. The second-order valence-corrected chi connectivity index (χ2v) is 9.54. The molecule has 34 heavy (non-hydrogen) atoms. The number of benzene rings is 1. The van der Waals surface area contributed by atoms with Crippen LogP contribution in [0.1, 0.15) is 78.5 Å². The number of hydrogen-bond donors (Lipinski definition) is 2. The summed E-state index contributed by atoms with van der Waals surface area (Å²) in [5, 5.41) is 5.53. The first-order valence-electron chi connectivity index (χ1n) is 11.5. The van der Waals surface area contributed by atoms with E-state index in [-0.39, 0.29) is 12.0 Å². The maximum atomic E-state index is 13.6. The van der Waals surface area contributed by atoms with Crippen molar-refractivity contribution < 1.29 is 19.1 Å². The van der Waals surface area contributed by atoms with Crippen LogP contribution >= 0.6 is 0 Å². The predicted octanol–water partition coefficient (Wildman–Crippen LogP) is 3.98. The van der Waals surface area contributed by atoms with Gasteiger partial charge in [0.15, 0.2) is 0 Å². The molecule has 3 atom stereocenters. The van der Waals surface area contributed by atoms with Crippen LogP contribution in [0.3, 0.4) is 0 Å². The Morgan fingerprint density at radius 3 is 2.21 bits per heavy atom. The van der Waals surface area contributed by atoms with Crippen LogP contribution in [-0.4, -0.2) is 40.5 Å². The molecule has 0 aliphatic heterocycles. The standard InChI is InChI=1S/C27H37N3O4/c1-10-15-19(6)28-24(31)23(21-17-14-13-16-20(21)11-2)30(12-3)25(32)22(18(4)5)29-26(33)34-27(7,8)9/h2-3,13-14,16-19,22-23H,10,15H2,1,4-9H3,(H,28,31)(H,29,33). The third kappa shape index (κ3) is 8.15. The average molecular weight is 468 g/mol. The second kappa shape index (κ2) is 12.7. The molecule has 0 fully saturated rings. The van der Waals surface area contributed by atoms with Crippen molar-refractivity contribution in [3.05, 3.63) is 35.4 Å². The van der Waals surface area contributed by atoms with Gasteiger partial charge in [-0.1, -0.05) is 57.7 Å². The van der Waals surface area contributed by atoms with Gasteiger partial charge in [-0.05, 0) is 46.1 Å². The maximum absolute atomic E-state index is 13.6. The van der Waals surface area contributed by atoms with Gasteiger partial charge in [0.1, 0.15) is 17.7 Å². The van der Waals surface area contributed by atoms with E-state index in [9.17, 15) is 14.4 Å². The molecule has 0 aromatic heterocycles. The molecule has 2 N–H and O–H groups in total. The van der Waals surface area contributed by atoms with Gasteiger partial charge < -0.3 is 15.4 Å². The lowest BCUT2D eigenvalue weighted by Crippen LogP contribution is -2.54. The number of carbonyl (C=O) groups is 3. The summed E-state index contributed by atoms with van der Waals surface area (Å²) in [7, 11) is 0. The smallest absolute Gasteiger partial charge is 0.408 e. The van der Waals surface area contributed by atoms with Crippen molar-refractivity contribution >= 4 is 17.9 Å². The average Bonchev–Trinajstić information content (AvgIpc) is 2.73. The lowest BCUT2D eigenvalue weighted by Gasteiger charge is -2.32. The van der Waals surface area contributed by atoms with E-state index in [4.69, 9.17) is 17.6 Å². The van der Waals surface area contributed by atoms with Gasteiger partial charge >= 0.3 is 6.09 Å². The highest BCUT2D eigenvalue weighted by atomic mass is 16.6. The van der Waals surface area contributed by atoms with Gasteiger partial charge in [0, 0.05) is 23.2 Å². The summed E-state index contributed by atoms with van der Waals surface area (Å²) in [5.74, 6) is 1.17. The lowest BCUT2D eigenvalue weighted by atomic mass is 9.96. The van der Waals surface area contributed by atoms with E-state index in [1.807, 2.05) is 13.8 Å². The van der Waals surface area contributed by atoms with Crippen LogP contribution in [-0.2, 0) is 14.3 Å².